The topological polar surface area (TPSA) is 55.5 Å². The molecule has 0 amide bonds. The highest BCUT2D eigenvalue weighted by Crippen LogP contribution is 2.26. The van der Waals surface area contributed by atoms with E-state index in [1.807, 2.05) is 24.3 Å². The van der Waals surface area contributed by atoms with Gasteiger partial charge >= 0.3 is 0 Å². The van der Waals surface area contributed by atoms with E-state index in [4.69, 9.17) is 10.5 Å². The maximum atomic E-state index is 10.3. The van der Waals surface area contributed by atoms with Crippen LogP contribution in [0.15, 0.2) is 24.3 Å². The third kappa shape index (κ3) is 4.00. The molecule has 3 nitrogen and oxygen atoms in total. The van der Waals surface area contributed by atoms with Gasteiger partial charge in [-0.1, -0.05) is 32.4 Å². The Morgan fingerprint density at radius 2 is 2.11 bits per heavy atom. The van der Waals surface area contributed by atoms with Crippen LogP contribution in [0.3, 0.4) is 0 Å². The second kappa shape index (κ2) is 7.39. The van der Waals surface area contributed by atoms with Gasteiger partial charge in [0.25, 0.3) is 0 Å². The van der Waals surface area contributed by atoms with Gasteiger partial charge in [-0.15, -0.1) is 0 Å². The molecule has 0 aliphatic carbocycles. The highest BCUT2D eigenvalue weighted by atomic mass is 16.5. The van der Waals surface area contributed by atoms with Crippen LogP contribution in [0.2, 0.25) is 0 Å². The first-order chi connectivity index (χ1) is 8.62. The first-order valence-electron chi connectivity index (χ1n) is 6.64. The first-order valence-corrected chi connectivity index (χ1v) is 6.64. The molecule has 0 aromatic heterocycles. The van der Waals surface area contributed by atoms with Gasteiger partial charge in [0.05, 0.1) is 13.2 Å². The quantitative estimate of drug-likeness (QED) is 0.783. The number of benzene rings is 1. The van der Waals surface area contributed by atoms with E-state index in [9.17, 15) is 5.11 Å². The van der Waals surface area contributed by atoms with Crippen LogP contribution in [0.1, 0.15) is 38.2 Å². The highest BCUT2D eigenvalue weighted by Gasteiger charge is 2.21. The number of methoxy groups -OCH3 is 1. The molecule has 0 bridgehead atoms. The van der Waals surface area contributed by atoms with Crippen LogP contribution in [0, 0.1) is 5.92 Å². The molecule has 3 atom stereocenters. The van der Waals surface area contributed by atoms with E-state index >= 15 is 0 Å². The summed E-state index contributed by atoms with van der Waals surface area (Å²) in [6, 6.07) is 7.79. The lowest BCUT2D eigenvalue weighted by atomic mass is 9.87. The predicted octanol–water partition coefficient (Wildman–Crippen LogP) is 2.53. The molecule has 1 aromatic rings. The maximum absolute atomic E-state index is 10.3. The second-order valence-corrected chi connectivity index (χ2v) is 4.94. The van der Waals surface area contributed by atoms with E-state index in [2.05, 4.69) is 13.8 Å². The smallest absolute Gasteiger partial charge is 0.119 e. The van der Waals surface area contributed by atoms with Crippen molar-refractivity contribution in [3.05, 3.63) is 29.8 Å². The fourth-order valence-corrected chi connectivity index (χ4v) is 2.13. The molecule has 0 fully saturated rings. The van der Waals surface area contributed by atoms with Crippen LogP contribution < -0.4 is 10.5 Å². The molecule has 3 N–H and O–H groups in total. The molecule has 0 heterocycles. The molecule has 0 spiro atoms. The summed E-state index contributed by atoms with van der Waals surface area (Å²) in [6.45, 7) is 4.74. The fraction of sp³-hybridized carbons (Fsp3) is 0.600. The summed E-state index contributed by atoms with van der Waals surface area (Å²) < 4.78 is 5.21. The third-order valence-electron chi connectivity index (χ3n) is 3.58. The van der Waals surface area contributed by atoms with Crippen LogP contribution in [0.5, 0.6) is 5.75 Å². The Morgan fingerprint density at radius 1 is 1.39 bits per heavy atom. The average molecular weight is 251 g/mol. The van der Waals surface area contributed by atoms with Crippen LogP contribution in [-0.2, 0) is 0 Å². The summed E-state index contributed by atoms with van der Waals surface area (Å²) in [5, 5.41) is 10.3. The number of aliphatic hydroxyl groups excluding tert-OH is 1. The van der Waals surface area contributed by atoms with Crippen molar-refractivity contribution in [3.63, 3.8) is 0 Å². The zero-order valence-corrected chi connectivity index (χ0v) is 11.6. The maximum Gasteiger partial charge on any atom is 0.119 e. The van der Waals surface area contributed by atoms with Gasteiger partial charge < -0.3 is 15.6 Å². The van der Waals surface area contributed by atoms with Crippen molar-refractivity contribution in [1.82, 2.24) is 0 Å². The zero-order chi connectivity index (χ0) is 13.5. The Balaban J connectivity index is 2.80. The second-order valence-electron chi connectivity index (χ2n) is 4.94. The molecule has 102 valence electrons. The minimum Gasteiger partial charge on any atom is -0.497 e. The average Bonchev–Trinajstić information content (AvgIpc) is 2.39. The summed E-state index contributed by atoms with van der Waals surface area (Å²) in [7, 11) is 1.64. The number of ether oxygens (including phenoxy) is 1. The van der Waals surface area contributed by atoms with Gasteiger partial charge in [0.2, 0.25) is 0 Å². The zero-order valence-electron chi connectivity index (χ0n) is 11.6. The Bertz CT molecular complexity index is 354. The summed E-state index contributed by atoms with van der Waals surface area (Å²) in [6.07, 6.45) is 1.47. The van der Waals surface area contributed by atoms with E-state index in [1.54, 1.807) is 7.11 Å². The lowest BCUT2D eigenvalue weighted by Gasteiger charge is -2.24. The van der Waals surface area contributed by atoms with Gasteiger partial charge in [0, 0.05) is 12.5 Å². The molecule has 1 rings (SSSR count). The summed E-state index contributed by atoms with van der Waals surface area (Å²) >= 11 is 0. The van der Waals surface area contributed by atoms with Gasteiger partial charge in [0.15, 0.2) is 0 Å². The van der Waals surface area contributed by atoms with Crippen molar-refractivity contribution in [2.24, 2.45) is 11.7 Å². The molecular formula is C15H25NO2. The molecule has 0 saturated heterocycles. The molecule has 0 aliphatic rings. The molecule has 0 radical (unpaired) electrons. The van der Waals surface area contributed by atoms with Crippen molar-refractivity contribution >= 4 is 0 Å². The molecule has 18 heavy (non-hydrogen) atoms. The minimum atomic E-state index is -0.392. The van der Waals surface area contributed by atoms with Crippen LogP contribution >= 0.6 is 0 Å². The van der Waals surface area contributed by atoms with E-state index in [0.29, 0.717) is 12.5 Å². The molecule has 0 aliphatic heterocycles. The Morgan fingerprint density at radius 3 is 2.67 bits per heavy atom. The van der Waals surface area contributed by atoms with E-state index in [1.165, 1.54) is 0 Å². The number of nitrogens with two attached hydrogens (primary N) is 1. The molecule has 3 unspecified atom stereocenters. The largest absolute Gasteiger partial charge is 0.497 e. The monoisotopic (exact) mass is 251 g/mol. The van der Waals surface area contributed by atoms with Crippen molar-refractivity contribution in [2.45, 2.75) is 38.7 Å². The van der Waals surface area contributed by atoms with E-state index in [-0.39, 0.29) is 5.92 Å². The van der Waals surface area contributed by atoms with Gasteiger partial charge in [0.1, 0.15) is 5.75 Å². The Labute approximate surface area is 110 Å². The van der Waals surface area contributed by atoms with Crippen molar-refractivity contribution in [2.75, 3.05) is 13.7 Å². The number of hydrogen-bond acceptors (Lipinski definition) is 3. The molecular weight excluding hydrogens is 226 g/mol. The van der Waals surface area contributed by atoms with Gasteiger partial charge in [-0.25, -0.2) is 0 Å². The lowest BCUT2D eigenvalue weighted by molar-refractivity contribution is 0.117. The van der Waals surface area contributed by atoms with Crippen molar-refractivity contribution < 1.29 is 9.84 Å². The lowest BCUT2D eigenvalue weighted by Crippen LogP contribution is -2.27. The highest BCUT2D eigenvalue weighted by molar-refractivity contribution is 5.31. The van der Waals surface area contributed by atoms with Crippen molar-refractivity contribution in [3.8, 4) is 5.75 Å². The third-order valence-corrected chi connectivity index (χ3v) is 3.58. The Kier molecular flexibility index (Phi) is 6.16. The normalized spacial score (nSPS) is 16.1. The number of rotatable bonds is 7. The standard InChI is InChI=1S/C15H25NO2/c1-4-11(2)8-15(17)14(10-16)12-6-5-7-13(9-12)18-3/h5-7,9,11,14-15,17H,4,8,10,16H2,1-3H3. The fourth-order valence-electron chi connectivity index (χ4n) is 2.13. The number of aliphatic hydroxyl groups is 1. The van der Waals surface area contributed by atoms with Crippen LogP contribution in [0.4, 0.5) is 0 Å². The van der Waals surface area contributed by atoms with Crippen LogP contribution in [-0.4, -0.2) is 24.9 Å². The summed E-state index contributed by atoms with van der Waals surface area (Å²) in [5.41, 5.74) is 6.86. The molecule has 1 aromatic carbocycles. The van der Waals surface area contributed by atoms with E-state index < -0.39 is 6.10 Å². The van der Waals surface area contributed by atoms with Gasteiger partial charge in [-0.2, -0.15) is 0 Å². The number of hydrogen-bond donors (Lipinski definition) is 2. The predicted molar refractivity (Wildman–Crippen MR) is 74.9 cm³/mol. The summed E-state index contributed by atoms with van der Waals surface area (Å²) in [4.78, 5) is 0. The summed E-state index contributed by atoms with van der Waals surface area (Å²) in [5.74, 6) is 1.30. The van der Waals surface area contributed by atoms with E-state index in [0.717, 1.165) is 24.2 Å². The van der Waals surface area contributed by atoms with Crippen molar-refractivity contribution in [1.29, 1.82) is 0 Å². The Hall–Kier alpha value is -1.06. The molecule has 3 heteroatoms. The minimum absolute atomic E-state index is 0.0194. The van der Waals surface area contributed by atoms with Crippen LogP contribution in [0.25, 0.3) is 0 Å². The first kappa shape index (κ1) is 15.0. The molecule has 0 saturated carbocycles. The van der Waals surface area contributed by atoms with Gasteiger partial charge in [-0.05, 0) is 30.0 Å². The van der Waals surface area contributed by atoms with Gasteiger partial charge in [-0.3, -0.25) is 0 Å². The SMILES string of the molecule is CCC(C)CC(O)C(CN)c1cccc(OC)c1.